The minimum atomic E-state index is 0.740. The molecule has 4 heteroatoms. The van der Waals surface area contributed by atoms with Crippen LogP contribution in [0.5, 0.6) is 5.75 Å². The molecule has 0 radical (unpaired) electrons. The van der Waals surface area contributed by atoms with Crippen molar-refractivity contribution in [3.63, 3.8) is 0 Å². The van der Waals surface area contributed by atoms with E-state index in [-0.39, 0.29) is 0 Å². The highest BCUT2D eigenvalue weighted by molar-refractivity contribution is 5.84. The molecule has 1 N–H and O–H groups in total. The largest absolute Gasteiger partial charge is 0.497 e. The molecule has 1 aromatic carbocycles. The lowest BCUT2D eigenvalue weighted by atomic mass is 10.1. The van der Waals surface area contributed by atoms with Crippen molar-refractivity contribution in [1.82, 2.24) is 9.88 Å². The van der Waals surface area contributed by atoms with Gasteiger partial charge in [-0.25, -0.2) is 0 Å². The van der Waals surface area contributed by atoms with Crippen LogP contribution in [-0.2, 0) is 11.2 Å². The summed E-state index contributed by atoms with van der Waals surface area (Å²) in [6, 6.07) is 5.97. The number of benzene rings is 1. The van der Waals surface area contributed by atoms with E-state index in [2.05, 4.69) is 4.98 Å². The highest BCUT2D eigenvalue weighted by Crippen LogP contribution is 2.23. The van der Waals surface area contributed by atoms with Crippen molar-refractivity contribution < 1.29 is 9.53 Å². The van der Waals surface area contributed by atoms with Gasteiger partial charge in [0.1, 0.15) is 5.75 Å². The summed E-state index contributed by atoms with van der Waals surface area (Å²) in [5.41, 5.74) is 2.31. The molecule has 0 fully saturated rings. The molecule has 0 aliphatic heterocycles. The Labute approximate surface area is 107 Å². The van der Waals surface area contributed by atoms with Gasteiger partial charge in [-0.05, 0) is 37.1 Å². The van der Waals surface area contributed by atoms with Crippen LogP contribution in [0.2, 0.25) is 0 Å². The summed E-state index contributed by atoms with van der Waals surface area (Å²) in [5.74, 6) is 0.853. The molecule has 1 amide bonds. The Morgan fingerprint density at radius 3 is 2.94 bits per heavy atom. The van der Waals surface area contributed by atoms with Crippen LogP contribution in [0.25, 0.3) is 10.9 Å². The summed E-state index contributed by atoms with van der Waals surface area (Å²) in [5, 5.41) is 1.16. The van der Waals surface area contributed by atoms with Gasteiger partial charge in [0.2, 0.25) is 6.41 Å². The first-order chi connectivity index (χ1) is 8.78. The van der Waals surface area contributed by atoms with Crippen molar-refractivity contribution in [2.45, 2.75) is 13.3 Å². The lowest BCUT2D eigenvalue weighted by molar-refractivity contribution is -0.117. The fourth-order valence-electron chi connectivity index (χ4n) is 2.04. The molecule has 2 rings (SSSR count). The van der Waals surface area contributed by atoms with E-state index in [1.165, 1.54) is 5.56 Å². The van der Waals surface area contributed by atoms with E-state index < -0.39 is 0 Å². The van der Waals surface area contributed by atoms with Crippen molar-refractivity contribution in [2.24, 2.45) is 0 Å². The third-order valence-electron chi connectivity index (χ3n) is 3.20. The van der Waals surface area contributed by atoms with Gasteiger partial charge < -0.3 is 14.6 Å². The molecule has 0 saturated carbocycles. The summed E-state index contributed by atoms with van der Waals surface area (Å²) >= 11 is 0. The van der Waals surface area contributed by atoms with E-state index >= 15 is 0 Å². The van der Waals surface area contributed by atoms with Gasteiger partial charge in [-0.15, -0.1) is 0 Å². The molecule has 96 valence electrons. The van der Waals surface area contributed by atoms with Crippen LogP contribution in [0.3, 0.4) is 0 Å². The second-order valence-electron chi connectivity index (χ2n) is 4.21. The molecule has 1 heterocycles. The van der Waals surface area contributed by atoms with E-state index in [1.54, 1.807) is 12.0 Å². The quantitative estimate of drug-likeness (QED) is 0.794. The average Bonchev–Trinajstić information content (AvgIpc) is 2.82. The van der Waals surface area contributed by atoms with Crippen LogP contribution >= 0.6 is 0 Å². The number of nitrogens with zero attached hydrogens (tertiary/aromatic N) is 1. The third-order valence-corrected chi connectivity index (χ3v) is 3.20. The Hall–Kier alpha value is -1.97. The number of carbonyl (C=O) groups excluding carboxylic acids is 1. The summed E-state index contributed by atoms with van der Waals surface area (Å²) in [7, 11) is 1.67. The van der Waals surface area contributed by atoms with Gasteiger partial charge in [0.15, 0.2) is 0 Å². The number of likely N-dealkylation sites (N-methyl/N-ethyl adjacent to an activating group) is 1. The smallest absolute Gasteiger partial charge is 0.209 e. The van der Waals surface area contributed by atoms with Gasteiger partial charge >= 0.3 is 0 Å². The second kappa shape index (κ2) is 5.58. The summed E-state index contributed by atoms with van der Waals surface area (Å²) in [4.78, 5) is 15.8. The molecule has 0 unspecified atom stereocenters. The van der Waals surface area contributed by atoms with Crippen LogP contribution in [0.1, 0.15) is 12.5 Å². The Bertz CT molecular complexity index is 534. The molecular formula is C14H18N2O2. The number of rotatable bonds is 6. The monoisotopic (exact) mass is 246 g/mol. The van der Waals surface area contributed by atoms with E-state index in [0.717, 1.165) is 42.6 Å². The number of amides is 1. The normalized spacial score (nSPS) is 10.6. The van der Waals surface area contributed by atoms with Crippen molar-refractivity contribution >= 4 is 17.3 Å². The topological polar surface area (TPSA) is 45.3 Å². The van der Waals surface area contributed by atoms with Crippen molar-refractivity contribution in [2.75, 3.05) is 20.2 Å². The maximum atomic E-state index is 10.8. The van der Waals surface area contributed by atoms with Crippen molar-refractivity contribution in [3.05, 3.63) is 30.0 Å². The van der Waals surface area contributed by atoms with Gasteiger partial charge in [-0.3, -0.25) is 4.79 Å². The van der Waals surface area contributed by atoms with Gasteiger partial charge in [0, 0.05) is 30.2 Å². The Morgan fingerprint density at radius 1 is 1.44 bits per heavy atom. The number of ether oxygens (including phenoxy) is 1. The molecule has 0 bridgehead atoms. The van der Waals surface area contributed by atoms with E-state index in [0.29, 0.717) is 0 Å². The number of aromatic amines is 1. The fourth-order valence-corrected chi connectivity index (χ4v) is 2.04. The number of hydrogen-bond donors (Lipinski definition) is 1. The maximum Gasteiger partial charge on any atom is 0.209 e. The molecular weight excluding hydrogens is 228 g/mol. The predicted molar refractivity (Wildman–Crippen MR) is 71.9 cm³/mol. The van der Waals surface area contributed by atoms with Gasteiger partial charge in [-0.1, -0.05) is 0 Å². The van der Waals surface area contributed by atoms with E-state index in [4.69, 9.17) is 4.74 Å². The first-order valence-electron chi connectivity index (χ1n) is 6.11. The van der Waals surface area contributed by atoms with Crippen molar-refractivity contribution in [1.29, 1.82) is 0 Å². The summed E-state index contributed by atoms with van der Waals surface area (Å²) in [6.45, 7) is 3.46. The molecule has 4 nitrogen and oxygen atoms in total. The Balaban J connectivity index is 2.20. The predicted octanol–water partition coefficient (Wildman–Crippen LogP) is 2.20. The molecule has 1 aromatic heterocycles. The zero-order valence-electron chi connectivity index (χ0n) is 10.8. The van der Waals surface area contributed by atoms with E-state index in [1.807, 2.05) is 31.3 Å². The number of aromatic nitrogens is 1. The number of fused-ring (bicyclic) bond motifs is 1. The third kappa shape index (κ3) is 2.47. The Kier molecular flexibility index (Phi) is 3.87. The fraction of sp³-hybridized carbons (Fsp3) is 0.357. The minimum absolute atomic E-state index is 0.740. The minimum Gasteiger partial charge on any atom is -0.497 e. The number of carbonyl (C=O) groups is 1. The standard InChI is InChI=1S/C14H18N2O2/c1-3-16(10-17)7-6-11-9-15-14-5-4-12(18-2)8-13(11)14/h4-5,8-10,15H,3,6-7H2,1-2H3. The van der Waals surface area contributed by atoms with Crippen LogP contribution in [0.15, 0.2) is 24.4 Å². The maximum absolute atomic E-state index is 10.8. The van der Waals surface area contributed by atoms with Crippen LogP contribution < -0.4 is 4.74 Å². The zero-order chi connectivity index (χ0) is 13.0. The molecule has 2 aromatic rings. The van der Waals surface area contributed by atoms with Crippen LogP contribution in [0.4, 0.5) is 0 Å². The molecule has 0 saturated heterocycles. The average molecular weight is 246 g/mol. The zero-order valence-corrected chi connectivity index (χ0v) is 10.8. The molecule has 0 atom stereocenters. The molecule has 0 aliphatic rings. The van der Waals surface area contributed by atoms with E-state index in [9.17, 15) is 4.79 Å². The van der Waals surface area contributed by atoms with Crippen molar-refractivity contribution in [3.8, 4) is 5.75 Å². The molecule has 0 spiro atoms. The van der Waals surface area contributed by atoms with Gasteiger partial charge in [0.25, 0.3) is 0 Å². The first-order valence-corrected chi connectivity index (χ1v) is 6.11. The van der Waals surface area contributed by atoms with Crippen LogP contribution in [0, 0.1) is 0 Å². The lowest BCUT2D eigenvalue weighted by Gasteiger charge is -2.13. The number of H-pyrrole nitrogens is 1. The lowest BCUT2D eigenvalue weighted by Crippen LogP contribution is -2.23. The van der Waals surface area contributed by atoms with Crippen LogP contribution in [-0.4, -0.2) is 36.5 Å². The van der Waals surface area contributed by atoms with Gasteiger partial charge in [-0.2, -0.15) is 0 Å². The van der Waals surface area contributed by atoms with Gasteiger partial charge in [0.05, 0.1) is 7.11 Å². The molecule has 18 heavy (non-hydrogen) atoms. The molecule has 0 aliphatic carbocycles. The number of methoxy groups -OCH3 is 1. The highest BCUT2D eigenvalue weighted by atomic mass is 16.5. The Morgan fingerprint density at radius 2 is 2.28 bits per heavy atom. The second-order valence-corrected chi connectivity index (χ2v) is 4.21. The summed E-state index contributed by atoms with van der Waals surface area (Å²) < 4.78 is 5.23. The number of hydrogen-bond acceptors (Lipinski definition) is 2. The first kappa shape index (κ1) is 12.5. The number of nitrogens with one attached hydrogen (secondary N) is 1. The SMILES string of the molecule is CCN(C=O)CCc1c[nH]c2ccc(OC)cc12. The summed E-state index contributed by atoms with van der Waals surface area (Å²) in [6.07, 6.45) is 3.75. The highest BCUT2D eigenvalue weighted by Gasteiger charge is 2.06.